The van der Waals surface area contributed by atoms with Crippen LogP contribution in [0.3, 0.4) is 0 Å². The van der Waals surface area contributed by atoms with E-state index in [4.69, 9.17) is 0 Å². The minimum absolute atomic E-state index is 0.0981. The van der Waals surface area contributed by atoms with Gasteiger partial charge in [0.25, 0.3) is 5.91 Å². The number of aromatic nitrogens is 1. The average molecular weight is 240 g/mol. The van der Waals surface area contributed by atoms with Crippen LogP contribution in [0, 0.1) is 6.92 Å². The van der Waals surface area contributed by atoms with E-state index in [0.29, 0.717) is 0 Å². The predicted molar refractivity (Wildman–Crippen MR) is 72.0 cm³/mol. The molecule has 1 aliphatic rings. The number of hydrogen-bond acceptors (Lipinski definition) is 1. The lowest BCUT2D eigenvalue weighted by molar-refractivity contribution is 0.0984. The van der Waals surface area contributed by atoms with Crippen LogP contribution >= 0.6 is 0 Å². The van der Waals surface area contributed by atoms with E-state index in [1.165, 1.54) is 5.56 Å². The quantitative estimate of drug-likeness (QED) is 0.817. The SMILES string of the molecule is Cc1[nH]ccc1C(=O)N1CCCc2ccccc21. The minimum atomic E-state index is 0.0981. The van der Waals surface area contributed by atoms with Gasteiger partial charge in [0, 0.05) is 24.1 Å². The van der Waals surface area contributed by atoms with Crippen molar-refractivity contribution in [2.45, 2.75) is 19.8 Å². The fourth-order valence-electron chi connectivity index (χ4n) is 2.57. The number of rotatable bonds is 1. The maximum absolute atomic E-state index is 12.6. The van der Waals surface area contributed by atoms with E-state index in [1.54, 1.807) is 0 Å². The van der Waals surface area contributed by atoms with E-state index >= 15 is 0 Å². The minimum Gasteiger partial charge on any atom is -0.365 e. The standard InChI is InChI=1S/C15H16N2O/c1-11-13(8-9-16-11)15(18)17-10-4-6-12-5-2-3-7-14(12)17/h2-3,5,7-9,16H,4,6,10H2,1H3. The van der Waals surface area contributed by atoms with Crippen LogP contribution in [-0.4, -0.2) is 17.4 Å². The van der Waals surface area contributed by atoms with Gasteiger partial charge in [-0.25, -0.2) is 0 Å². The first-order valence-electron chi connectivity index (χ1n) is 6.31. The van der Waals surface area contributed by atoms with Gasteiger partial charge in [0.05, 0.1) is 5.56 Å². The van der Waals surface area contributed by atoms with Crippen molar-refractivity contribution in [3.8, 4) is 0 Å². The summed E-state index contributed by atoms with van der Waals surface area (Å²) in [5.41, 5.74) is 4.04. The molecule has 2 aromatic rings. The Bertz CT molecular complexity index is 586. The molecule has 18 heavy (non-hydrogen) atoms. The van der Waals surface area contributed by atoms with Crippen LogP contribution in [0.15, 0.2) is 36.5 Å². The van der Waals surface area contributed by atoms with E-state index in [0.717, 1.165) is 36.3 Å². The molecule has 1 aromatic heterocycles. The number of aromatic amines is 1. The molecule has 0 fully saturated rings. The van der Waals surface area contributed by atoms with Crippen molar-refractivity contribution in [1.29, 1.82) is 0 Å². The molecule has 3 rings (SSSR count). The number of fused-ring (bicyclic) bond motifs is 1. The first-order valence-corrected chi connectivity index (χ1v) is 6.31. The Morgan fingerprint density at radius 2 is 2.11 bits per heavy atom. The summed E-state index contributed by atoms with van der Waals surface area (Å²) in [5.74, 6) is 0.0981. The van der Waals surface area contributed by atoms with Crippen LogP contribution in [0.1, 0.15) is 28.0 Å². The second-order valence-electron chi connectivity index (χ2n) is 4.71. The third kappa shape index (κ3) is 1.72. The fourth-order valence-corrected chi connectivity index (χ4v) is 2.57. The molecule has 1 amide bonds. The van der Waals surface area contributed by atoms with Gasteiger partial charge in [-0.3, -0.25) is 4.79 Å². The maximum atomic E-state index is 12.6. The largest absolute Gasteiger partial charge is 0.365 e. The number of nitrogens with zero attached hydrogens (tertiary/aromatic N) is 1. The average Bonchev–Trinajstić information content (AvgIpc) is 2.83. The van der Waals surface area contributed by atoms with Crippen LogP contribution in [0.2, 0.25) is 0 Å². The molecule has 1 aromatic carbocycles. The van der Waals surface area contributed by atoms with E-state index in [2.05, 4.69) is 11.1 Å². The van der Waals surface area contributed by atoms with Crippen LogP contribution in [0.5, 0.6) is 0 Å². The maximum Gasteiger partial charge on any atom is 0.260 e. The Balaban J connectivity index is 2.00. The normalized spacial score (nSPS) is 14.4. The van der Waals surface area contributed by atoms with Crippen molar-refractivity contribution in [3.63, 3.8) is 0 Å². The number of benzene rings is 1. The molecule has 0 atom stereocenters. The van der Waals surface area contributed by atoms with Crippen LogP contribution < -0.4 is 4.90 Å². The molecule has 0 bridgehead atoms. The van der Waals surface area contributed by atoms with Gasteiger partial charge < -0.3 is 9.88 Å². The first kappa shape index (κ1) is 11.1. The summed E-state index contributed by atoms with van der Waals surface area (Å²) >= 11 is 0. The third-order valence-corrected chi connectivity index (χ3v) is 3.54. The Labute approximate surface area is 106 Å². The highest BCUT2D eigenvalue weighted by Gasteiger charge is 2.24. The van der Waals surface area contributed by atoms with Gasteiger partial charge >= 0.3 is 0 Å². The highest BCUT2D eigenvalue weighted by atomic mass is 16.2. The van der Waals surface area contributed by atoms with Crippen molar-refractivity contribution in [1.82, 2.24) is 4.98 Å². The Morgan fingerprint density at radius 1 is 1.28 bits per heavy atom. The summed E-state index contributed by atoms with van der Waals surface area (Å²) in [6.45, 7) is 2.74. The number of anilines is 1. The first-order chi connectivity index (χ1) is 8.77. The Hall–Kier alpha value is -2.03. The Kier molecular flexibility index (Phi) is 2.67. The van der Waals surface area contributed by atoms with E-state index in [-0.39, 0.29) is 5.91 Å². The number of hydrogen-bond donors (Lipinski definition) is 1. The molecule has 0 saturated heterocycles. The van der Waals surface area contributed by atoms with Gasteiger partial charge in [-0.05, 0) is 37.5 Å². The summed E-state index contributed by atoms with van der Waals surface area (Å²) in [4.78, 5) is 17.5. The number of amides is 1. The number of para-hydroxylation sites is 1. The molecule has 3 nitrogen and oxygen atoms in total. The zero-order valence-corrected chi connectivity index (χ0v) is 10.4. The van der Waals surface area contributed by atoms with Crippen molar-refractivity contribution < 1.29 is 4.79 Å². The van der Waals surface area contributed by atoms with Crippen LogP contribution in [0.25, 0.3) is 0 Å². The molecule has 0 aliphatic carbocycles. The van der Waals surface area contributed by atoms with Gasteiger partial charge in [-0.1, -0.05) is 18.2 Å². The smallest absolute Gasteiger partial charge is 0.260 e. The lowest BCUT2D eigenvalue weighted by Gasteiger charge is -2.29. The van der Waals surface area contributed by atoms with Crippen molar-refractivity contribution in [2.75, 3.05) is 11.4 Å². The molecular formula is C15H16N2O. The summed E-state index contributed by atoms with van der Waals surface area (Å²) < 4.78 is 0. The monoisotopic (exact) mass is 240 g/mol. The predicted octanol–water partition coefficient (Wildman–Crippen LogP) is 2.92. The van der Waals surface area contributed by atoms with E-state index in [1.807, 2.05) is 42.3 Å². The number of carbonyl (C=O) groups excluding carboxylic acids is 1. The van der Waals surface area contributed by atoms with Gasteiger partial charge in [0.15, 0.2) is 0 Å². The van der Waals surface area contributed by atoms with Gasteiger partial charge in [-0.15, -0.1) is 0 Å². The number of carbonyl (C=O) groups is 1. The molecule has 0 radical (unpaired) electrons. The fraction of sp³-hybridized carbons (Fsp3) is 0.267. The molecule has 1 N–H and O–H groups in total. The second kappa shape index (κ2) is 4.33. The zero-order chi connectivity index (χ0) is 12.5. The van der Waals surface area contributed by atoms with E-state index in [9.17, 15) is 4.79 Å². The van der Waals surface area contributed by atoms with Crippen molar-refractivity contribution >= 4 is 11.6 Å². The summed E-state index contributed by atoms with van der Waals surface area (Å²) in [6.07, 6.45) is 3.91. The number of H-pyrrole nitrogens is 1. The summed E-state index contributed by atoms with van der Waals surface area (Å²) in [6, 6.07) is 10.0. The molecule has 92 valence electrons. The second-order valence-corrected chi connectivity index (χ2v) is 4.71. The topological polar surface area (TPSA) is 36.1 Å². The highest BCUT2D eigenvalue weighted by Crippen LogP contribution is 2.28. The lowest BCUT2D eigenvalue weighted by Crippen LogP contribution is -2.35. The summed E-state index contributed by atoms with van der Waals surface area (Å²) in [5, 5.41) is 0. The van der Waals surface area contributed by atoms with Gasteiger partial charge in [-0.2, -0.15) is 0 Å². The lowest BCUT2D eigenvalue weighted by atomic mass is 10.0. The van der Waals surface area contributed by atoms with Crippen molar-refractivity contribution in [2.24, 2.45) is 0 Å². The molecule has 1 aliphatic heterocycles. The molecular weight excluding hydrogens is 224 g/mol. The van der Waals surface area contributed by atoms with E-state index < -0.39 is 0 Å². The Morgan fingerprint density at radius 3 is 2.89 bits per heavy atom. The zero-order valence-electron chi connectivity index (χ0n) is 10.4. The summed E-state index contributed by atoms with van der Waals surface area (Å²) in [7, 11) is 0. The third-order valence-electron chi connectivity index (χ3n) is 3.54. The molecule has 3 heteroatoms. The molecule has 0 saturated carbocycles. The number of aryl methyl sites for hydroxylation is 2. The van der Waals surface area contributed by atoms with Crippen molar-refractivity contribution in [3.05, 3.63) is 53.3 Å². The van der Waals surface area contributed by atoms with Crippen LogP contribution in [-0.2, 0) is 6.42 Å². The highest BCUT2D eigenvalue weighted by molar-refractivity contribution is 6.07. The van der Waals surface area contributed by atoms with Gasteiger partial charge in [0.2, 0.25) is 0 Å². The molecule has 0 spiro atoms. The molecule has 0 unspecified atom stereocenters. The van der Waals surface area contributed by atoms with Crippen LogP contribution in [0.4, 0.5) is 5.69 Å². The number of nitrogens with one attached hydrogen (secondary N) is 1. The van der Waals surface area contributed by atoms with Gasteiger partial charge in [0.1, 0.15) is 0 Å². The molecule has 2 heterocycles.